The number of hydrogen-bond acceptors (Lipinski definition) is 5. The number of pyridine rings is 1. The van der Waals surface area contributed by atoms with E-state index >= 15 is 0 Å². The SMILES string of the molecule is Cc1cc2[nH]c([C@H]3[C@H]4Oc5ccc(Oc6ccnc7c6CCC(=O)N7)cc5[C@@H]43)nc2cc1F. The summed E-state index contributed by atoms with van der Waals surface area (Å²) in [6.07, 6.45) is 2.66. The lowest BCUT2D eigenvalue weighted by atomic mass is 10.1. The molecule has 33 heavy (non-hydrogen) atoms. The van der Waals surface area contributed by atoms with Crippen molar-refractivity contribution in [1.82, 2.24) is 15.0 Å². The number of anilines is 1. The summed E-state index contributed by atoms with van der Waals surface area (Å²) in [5.41, 5.74) is 4.04. The molecule has 0 spiro atoms. The van der Waals surface area contributed by atoms with Gasteiger partial charge in [0.1, 0.15) is 40.8 Å². The van der Waals surface area contributed by atoms with Crippen molar-refractivity contribution in [2.24, 2.45) is 0 Å². The van der Waals surface area contributed by atoms with Crippen molar-refractivity contribution in [2.45, 2.75) is 37.7 Å². The number of aromatic amines is 1. The Balaban J connectivity index is 1.18. The van der Waals surface area contributed by atoms with Crippen LogP contribution in [0.4, 0.5) is 10.2 Å². The number of ether oxygens (including phenoxy) is 2. The molecular formula is C25H19FN4O3. The van der Waals surface area contributed by atoms with E-state index in [1.807, 2.05) is 24.3 Å². The van der Waals surface area contributed by atoms with Gasteiger partial charge in [-0.3, -0.25) is 4.79 Å². The number of fused-ring (bicyclic) bond motifs is 5. The third kappa shape index (κ3) is 2.83. The Hall–Kier alpha value is -3.94. The molecule has 1 fully saturated rings. The topological polar surface area (TPSA) is 89.1 Å². The smallest absolute Gasteiger partial charge is 0.225 e. The van der Waals surface area contributed by atoms with Crippen molar-refractivity contribution in [3.05, 3.63) is 70.9 Å². The number of aryl methyl sites for hydroxylation is 1. The van der Waals surface area contributed by atoms with Crippen LogP contribution in [0.2, 0.25) is 0 Å². The number of nitrogens with one attached hydrogen (secondary N) is 2. The first-order chi connectivity index (χ1) is 16.0. The summed E-state index contributed by atoms with van der Waals surface area (Å²) in [6.45, 7) is 1.75. The van der Waals surface area contributed by atoms with Crippen molar-refractivity contribution < 1.29 is 18.7 Å². The molecule has 3 aliphatic rings. The second kappa shape index (κ2) is 6.54. The molecule has 1 amide bonds. The standard InChI is InChI=1S/C25H19FN4O3/c1-11-8-16-17(10-15(11)26)29-25(28-16)22-21-14-9-12(2-4-18(14)33-23(21)22)32-19-6-7-27-24-13(19)3-5-20(31)30-24/h2,4,6-10,21-23H,3,5H2,1H3,(H,28,29)(H,27,30,31)/t21-,22-,23+/m1/s1. The number of carbonyl (C=O) groups excluding carboxylic acids is 1. The normalized spacial score (nSPS) is 22.2. The highest BCUT2D eigenvalue weighted by molar-refractivity contribution is 5.93. The van der Waals surface area contributed by atoms with Crippen LogP contribution < -0.4 is 14.8 Å². The van der Waals surface area contributed by atoms with E-state index in [0.29, 0.717) is 41.2 Å². The molecule has 2 N–H and O–H groups in total. The lowest BCUT2D eigenvalue weighted by Crippen LogP contribution is -2.20. The molecule has 7 rings (SSSR count). The third-order valence-corrected chi connectivity index (χ3v) is 6.75. The molecule has 8 heteroatoms. The molecule has 0 bridgehead atoms. The Morgan fingerprint density at radius 1 is 1.15 bits per heavy atom. The molecule has 1 saturated carbocycles. The van der Waals surface area contributed by atoms with E-state index in [1.54, 1.807) is 19.2 Å². The van der Waals surface area contributed by atoms with E-state index in [1.165, 1.54) is 6.07 Å². The van der Waals surface area contributed by atoms with Crippen LogP contribution in [0.25, 0.3) is 11.0 Å². The summed E-state index contributed by atoms with van der Waals surface area (Å²) < 4.78 is 26.3. The van der Waals surface area contributed by atoms with Crippen LogP contribution in [-0.2, 0) is 11.2 Å². The summed E-state index contributed by atoms with van der Waals surface area (Å²) in [6, 6.07) is 10.9. The molecule has 0 unspecified atom stereocenters. The maximum absolute atomic E-state index is 13.9. The van der Waals surface area contributed by atoms with E-state index in [-0.39, 0.29) is 29.7 Å². The highest BCUT2D eigenvalue weighted by Gasteiger charge is 2.61. The number of nitrogens with zero attached hydrogens (tertiary/aromatic N) is 2. The Morgan fingerprint density at radius 3 is 2.97 bits per heavy atom. The average Bonchev–Trinajstić information content (AvgIpc) is 3.15. The molecule has 2 aromatic heterocycles. The molecule has 1 aliphatic carbocycles. The van der Waals surface area contributed by atoms with Gasteiger partial charge in [-0.25, -0.2) is 14.4 Å². The fourth-order valence-electron chi connectivity index (χ4n) is 5.03. The van der Waals surface area contributed by atoms with Crippen molar-refractivity contribution >= 4 is 22.8 Å². The molecule has 0 radical (unpaired) electrons. The minimum Gasteiger partial charge on any atom is -0.489 e. The Bertz CT molecular complexity index is 1440. The van der Waals surface area contributed by atoms with Gasteiger partial charge in [0.25, 0.3) is 0 Å². The van der Waals surface area contributed by atoms with Crippen LogP contribution >= 0.6 is 0 Å². The molecule has 4 aromatic rings. The number of halogens is 1. The maximum Gasteiger partial charge on any atom is 0.225 e. The highest BCUT2D eigenvalue weighted by atomic mass is 19.1. The van der Waals surface area contributed by atoms with Gasteiger partial charge in [0.05, 0.1) is 17.0 Å². The summed E-state index contributed by atoms with van der Waals surface area (Å²) in [5.74, 6) is 3.64. The zero-order valence-corrected chi connectivity index (χ0v) is 17.7. The Labute approximate surface area is 188 Å². The van der Waals surface area contributed by atoms with Crippen LogP contribution in [0.15, 0.2) is 42.6 Å². The summed E-state index contributed by atoms with van der Waals surface area (Å²) >= 11 is 0. The second-order valence-electron chi connectivity index (χ2n) is 8.86. The fourth-order valence-corrected chi connectivity index (χ4v) is 5.03. The van der Waals surface area contributed by atoms with Gasteiger partial charge in [-0.1, -0.05) is 0 Å². The number of carbonyl (C=O) groups is 1. The summed E-state index contributed by atoms with van der Waals surface area (Å²) in [7, 11) is 0. The number of hydrogen-bond donors (Lipinski definition) is 2. The number of aromatic nitrogens is 3. The minimum absolute atomic E-state index is 0.0191. The number of benzene rings is 2. The lowest BCUT2D eigenvalue weighted by Gasteiger charge is -2.19. The van der Waals surface area contributed by atoms with Crippen LogP contribution in [0.3, 0.4) is 0 Å². The van der Waals surface area contributed by atoms with Gasteiger partial charge >= 0.3 is 0 Å². The van der Waals surface area contributed by atoms with E-state index in [9.17, 15) is 9.18 Å². The minimum atomic E-state index is -0.252. The number of H-pyrrole nitrogens is 1. The van der Waals surface area contributed by atoms with Gasteiger partial charge in [0.2, 0.25) is 5.91 Å². The second-order valence-corrected chi connectivity index (χ2v) is 8.86. The first-order valence-corrected chi connectivity index (χ1v) is 11.0. The van der Waals surface area contributed by atoms with Crippen LogP contribution in [0.1, 0.15) is 40.8 Å². The molecular weight excluding hydrogens is 423 g/mol. The average molecular weight is 442 g/mol. The van der Waals surface area contributed by atoms with E-state index in [2.05, 4.69) is 20.3 Å². The summed E-state index contributed by atoms with van der Waals surface area (Å²) in [4.78, 5) is 23.9. The van der Waals surface area contributed by atoms with Gasteiger partial charge in [0, 0.05) is 35.7 Å². The van der Waals surface area contributed by atoms with Gasteiger partial charge in [-0.15, -0.1) is 0 Å². The summed E-state index contributed by atoms with van der Waals surface area (Å²) in [5, 5.41) is 2.80. The van der Waals surface area contributed by atoms with Gasteiger partial charge in [-0.2, -0.15) is 0 Å². The fraction of sp³-hybridized carbons (Fsp3) is 0.240. The van der Waals surface area contributed by atoms with Crippen LogP contribution in [0.5, 0.6) is 17.2 Å². The van der Waals surface area contributed by atoms with E-state index in [0.717, 1.165) is 28.2 Å². The van der Waals surface area contributed by atoms with Gasteiger partial charge < -0.3 is 19.8 Å². The first-order valence-electron chi connectivity index (χ1n) is 11.0. The van der Waals surface area contributed by atoms with Crippen LogP contribution in [0, 0.1) is 12.7 Å². The Kier molecular flexibility index (Phi) is 3.69. The van der Waals surface area contributed by atoms with Crippen LogP contribution in [-0.4, -0.2) is 27.0 Å². The zero-order valence-electron chi connectivity index (χ0n) is 17.7. The first kappa shape index (κ1) is 18.6. The highest BCUT2D eigenvalue weighted by Crippen LogP contribution is 2.63. The molecule has 4 heterocycles. The van der Waals surface area contributed by atoms with Gasteiger partial charge in [0.15, 0.2) is 0 Å². The predicted octanol–water partition coefficient (Wildman–Crippen LogP) is 4.72. The molecule has 2 aliphatic heterocycles. The van der Waals surface area contributed by atoms with E-state index in [4.69, 9.17) is 9.47 Å². The quantitative estimate of drug-likeness (QED) is 0.479. The molecule has 3 atom stereocenters. The number of amides is 1. The Morgan fingerprint density at radius 2 is 2.06 bits per heavy atom. The predicted molar refractivity (Wildman–Crippen MR) is 118 cm³/mol. The largest absolute Gasteiger partial charge is 0.489 e. The zero-order chi connectivity index (χ0) is 22.3. The molecule has 0 saturated heterocycles. The van der Waals surface area contributed by atoms with Crippen molar-refractivity contribution in [2.75, 3.05) is 5.32 Å². The van der Waals surface area contributed by atoms with Crippen molar-refractivity contribution in [3.63, 3.8) is 0 Å². The third-order valence-electron chi connectivity index (χ3n) is 6.75. The molecule has 164 valence electrons. The monoisotopic (exact) mass is 442 g/mol. The molecule has 7 nitrogen and oxygen atoms in total. The number of imidazole rings is 1. The van der Waals surface area contributed by atoms with E-state index < -0.39 is 0 Å². The molecule has 2 aromatic carbocycles. The lowest BCUT2D eigenvalue weighted by molar-refractivity contribution is -0.116. The maximum atomic E-state index is 13.9. The van der Waals surface area contributed by atoms with Gasteiger partial charge in [-0.05, 0) is 49.2 Å². The van der Waals surface area contributed by atoms with Crippen molar-refractivity contribution in [1.29, 1.82) is 0 Å². The van der Waals surface area contributed by atoms with Crippen molar-refractivity contribution in [3.8, 4) is 17.2 Å². The number of rotatable bonds is 3.